The first-order valence-electron chi connectivity index (χ1n) is 8.31. The molecule has 2 N–H and O–H groups in total. The van der Waals surface area contributed by atoms with Crippen LogP contribution in [-0.4, -0.2) is 46.5 Å². The summed E-state index contributed by atoms with van der Waals surface area (Å²) < 4.78 is 5.54. The van der Waals surface area contributed by atoms with Gasteiger partial charge in [-0.2, -0.15) is 5.10 Å². The number of nitrogens with zero attached hydrogens (tertiary/aromatic N) is 2. The Balaban J connectivity index is 1.71. The lowest BCUT2D eigenvalue weighted by Crippen LogP contribution is -2.37. The standard InChI is InChI=1S/C17H22N4O3/c1-12-5-6-15(24-12)13-11-14(20-19-13)17(23)21-9-4-2-3-8-18-16(22)7-10-21/h5-6,11H,2-4,7-10H2,1H3,(H,18,22)(H,19,20). The minimum atomic E-state index is -0.158. The summed E-state index contributed by atoms with van der Waals surface area (Å²) in [6.45, 7) is 3.64. The molecule has 0 unspecified atom stereocenters. The molecule has 0 aromatic carbocycles. The molecule has 128 valence electrons. The van der Waals surface area contributed by atoms with Crippen molar-refractivity contribution in [2.75, 3.05) is 19.6 Å². The van der Waals surface area contributed by atoms with Crippen LogP contribution in [0.3, 0.4) is 0 Å². The number of rotatable bonds is 2. The van der Waals surface area contributed by atoms with Crippen molar-refractivity contribution in [1.82, 2.24) is 20.4 Å². The lowest BCUT2D eigenvalue weighted by atomic mass is 10.2. The number of H-pyrrole nitrogens is 1. The van der Waals surface area contributed by atoms with Crippen molar-refractivity contribution in [1.29, 1.82) is 0 Å². The normalized spacial score (nSPS) is 16.7. The van der Waals surface area contributed by atoms with Crippen molar-refractivity contribution in [3.8, 4) is 11.5 Å². The lowest BCUT2D eigenvalue weighted by molar-refractivity contribution is -0.121. The van der Waals surface area contributed by atoms with Gasteiger partial charge in [0.15, 0.2) is 11.5 Å². The van der Waals surface area contributed by atoms with Crippen LogP contribution in [0.15, 0.2) is 22.6 Å². The first-order valence-corrected chi connectivity index (χ1v) is 8.31. The lowest BCUT2D eigenvalue weighted by Gasteiger charge is -2.22. The van der Waals surface area contributed by atoms with Gasteiger partial charge in [0, 0.05) is 32.1 Å². The average molecular weight is 330 g/mol. The molecule has 2 aromatic rings. The van der Waals surface area contributed by atoms with Gasteiger partial charge in [-0.15, -0.1) is 0 Å². The van der Waals surface area contributed by atoms with Crippen molar-refractivity contribution in [2.45, 2.75) is 32.6 Å². The Bertz CT molecular complexity index is 719. The second-order valence-electron chi connectivity index (χ2n) is 6.03. The van der Waals surface area contributed by atoms with Crippen LogP contribution >= 0.6 is 0 Å². The minimum absolute atomic E-state index is 0.0107. The number of amides is 2. The van der Waals surface area contributed by atoms with Gasteiger partial charge in [-0.25, -0.2) is 0 Å². The van der Waals surface area contributed by atoms with Crippen LogP contribution in [0.5, 0.6) is 0 Å². The number of hydrogen-bond donors (Lipinski definition) is 2. The van der Waals surface area contributed by atoms with E-state index in [4.69, 9.17) is 4.42 Å². The quantitative estimate of drug-likeness (QED) is 0.882. The molecule has 1 aliphatic heterocycles. The van der Waals surface area contributed by atoms with E-state index in [0.29, 0.717) is 36.7 Å². The molecule has 0 atom stereocenters. The van der Waals surface area contributed by atoms with Gasteiger partial charge in [0.25, 0.3) is 5.91 Å². The molecule has 2 amide bonds. The number of aryl methyl sites for hydroxylation is 1. The summed E-state index contributed by atoms with van der Waals surface area (Å²) in [6, 6.07) is 5.39. The van der Waals surface area contributed by atoms with Crippen LogP contribution in [0.4, 0.5) is 0 Å². The van der Waals surface area contributed by atoms with Crippen molar-refractivity contribution in [3.63, 3.8) is 0 Å². The third kappa shape index (κ3) is 3.84. The fraction of sp³-hybridized carbons (Fsp3) is 0.471. The number of hydrogen-bond acceptors (Lipinski definition) is 4. The number of carbonyl (C=O) groups is 2. The number of aromatic nitrogens is 2. The predicted octanol–water partition coefficient (Wildman–Crippen LogP) is 2.11. The molecule has 0 saturated carbocycles. The number of carbonyl (C=O) groups excluding carboxylic acids is 2. The van der Waals surface area contributed by atoms with Crippen molar-refractivity contribution in [3.05, 3.63) is 29.7 Å². The summed E-state index contributed by atoms with van der Waals surface area (Å²) in [5.41, 5.74) is 1.02. The van der Waals surface area contributed by atoms with E-state index in [9.17, 15) is 9.59 Å². The largest absolute Gasteiger partial charge is 0.460 e. The highest BCUT2D eigenvalue weighted by atomic mass is 16.3. The summed E-state index contributed by atoms with van der Waals surface area (Å²) >= 11 is 0. The molecule has 2 aromatic heterocycles. The Morgan fingerprint density at radius 3 is 2.92 bits per heavy atom. The van der Waals surface area contributed by atoms with Crippen molar-refractivity contribution in [2.24, 2.45) is 0 Å². The summed E-state index contributed by atoms with van der Waals surface area (Å²) in [6.07, 6.45) is 3.18. The van der Waals surface area contributed by atoms with E-state index in [2.05, 4.69) is 15.5 Å². The van der Waals surface area contributed by atoms with E-state index >= 15 is 0 Å². The molecule has 3 heterocycles. The SMILES string of the molecule is Cc1ccc(-c2cc(C(=O)N3CCCCCNC(=O)CC3)n[nH]2)o1. The Hall–Kier alpha value is -2.57. The zero-order chi connectivity index (χ0) is 16.9. The highest BCUT2D eigenvalue weighted by Crippen LogP contribution is 2.21. The van der Waals surface area contributed by atoms with Crippen LogP contribution < -0.4 is 5.32 Å². The van der Waals surface area contributed by atoms with Crippen molar-refractivity contribution < 1.29 is 14.0 Å². The number of furan rings is 1. The van der Waals surface area contributed by atoms with Crippen LogP contribution in [0.25, 0.3) is 11.5 Å². The van der Waals surface area contributed by atoms with Crippen molar-refractivity contribution >= 4 is 11.8 Å². The molecule has 0 radical (unpaired) electrons. The van der Waals surface area contributed by atoms with Crippen LogP contribution in [-0.2, 0) is 4.79 Å². The smallest absolute Gasteiger partial charge is 0.274 e. The highest BCUT2D eigenvalue weighted by molar-refractivity contribution is 5.93. The fourth-order valence-electron chi connectivity index (χ4n) is 2.77. The monoisotopic (exact) mass is 330 g/mol. The molecule has 0 aliphatic carbocycles. The molecular formula is C17H22N4O3. The summed E-state index contributed by atoms with van der Waals surface area (Å²) in [5, 5.41) is 9.83. The van der Waals surface area contributed by atoms with Gasteiger partial charge in [-0.05, 0) is 38.3 Å². The molecule has 1 fully saturated rings. The second-order valence-corrected chi connectivity index (χ2v) is 6.03. The number of aromatic amines is 1. The summed E-state index contributed by atoms with van der Waals surface area (Å²) in [4.78, 5) is 26.1. The molecule has 3 rings (SSSR count). The van der Waals surface area contributed by atoms with Gasteiger partial charge in [-0.3, -0.25) is 14.7 Å². The molecule has 1 aliphatic rings. The van der Waals surface area contributed by atoms with Gasteiger partial charge >= 0.3 is 0 Å². The third-order valence-electron chi connectivity index (χ3n) is 4.13. The first-order chi connectivity index (χ1) is 11.6. The summed E-state index contributed by atoms with van der Waals surface area (Å²) in [5.74, 6) is 1.28. The Morgan fingerprint density at radius 1 is 1.25 bits per heavy atom. The van der Waals surface area contributed by atoms with Crippen LogP contribution in [0, 0.1) is 6.92 Å². The Kier molecular flexibility index (Phi) is 4.98. The highest BCUT2D eigenvalue weighted by Gasteiger charge is 2.21. The van der Waals surface area contributed by atoms with Gasteiger partial charge < -0.3 is 14.6 Å². The topological polar surface area (TPSA) is 91.2 Å². The van der Waals surface area contributed by atoms with E-state index in [0.717, 1.165) is 31.6 Å². The number of nitrogens with one attached hydrogen (secondary N) is 2. The first kappa shape index (κ1) is 16.3. The Labute approximate surface area is 140 Å². The predicted molar refractivity (Wildman–Crippen MR) is 88.4 cm³/mol. The minimum Gasteiger partial charge on any atom is -0.460 e. The maximum atomic E-state index is 12.7. The maximum Gasteiger partial charge on any atom is 0.274 e. The van der Waals surface area contributed by atoms with E-state index in [1.807, 2.05) is 19.1 Å². The molecule has 7 heteroatoms. The van der Waals surface area contributed by atoms with E-state index < -0.39 is 0 Å². The van der Waals surface area contributed by atoms with Crippen LogP contribution in [0.2, 0.25) is 0 Å². The van der Waals surface area contributed by atoms with Gasteiger partial charge in [0.2, 0.25) is 5.91 Å². The maximum absolute atomic E-state index is 12.7. The van der Waals surface area contributed by atoms with Crippen LogP contribution in [0.1, 0.15) is 41.9 Å². The third-order valence-corrected chi connectivity index (χ3v) is 4.13. The van der Waals surface area contributed by atoms with E-state index in [-0.39, 0.29) is 11.8 Å². The molecule has 0 spiro atoms. The van der Waals surface area contributed by atoms with Gasteiger partial charge in [-0.1, -0.05) is 0 Å². The molecule has 1 saturated heterocycles. The molecule has 7 nitrogen and oxygen atoms in total. The summed E-state index contributed by atoms with van der Waals surface area (Å²) in [7, 11) is 0. The molecular weight excluding hydrogens is 308 g/mol. The van der Waals surface area contributed by atoms with Gasteiger partial charge in [0.05, 0.1) is 0 Å². The zero-order valence-corrected chi connectivity index (χ0v) is 13.8. The van der Waals surface area contributed by atoms with E-state index in [1.54, 1.807) is 11.0 Å². The Morgan fingerprint density at radius 2 is 2.12 bits per heavy atom. The average Bonchev–Trinajstić information content (AvgIpc) is 3.22. The molecule has 0 bridgehead atoms. The van der Waals surface area contributed by atoms with Gasteiger partial charge in [0.1, 0.15) is 11.5 Å². The fourth-order valence-corrected chi connectivity index (χ4v) is 2.77. The second kappa shape index (κ2) is 7.33. The zero-order valence-electron chi connectivity index (χ0n) is 13.8. The molecule has 24 heavy (non-hydrogen) atoms. The van der Waals surface area contributed by atoms with E-state index in [1.165, 1.54) is 0 Å².